The molecule has 6 heteroatoms. The van der Waals surface area contributed by atoms with Crippen molar-refractivity contribution in [1.29, 1.82) is 0 Å². The summed E-state index contributed by atoms with van der Waals surface area (Å²) in [4.78, 5) is 11.8. The minimum Gasteiger partial charge on any atom is -0.389 e. The van der Waals surface area contributed by atoms with Crippen LogP contribution in [0.15, 0.2) is 69.9 Å². The summed E-state index contributed by atoms with van der Waals surface area (Å²) in [5, 5.41) is 14.1. The van der Waals surface area contributed by atoms with E-state index in [4.69, 9.17) is 9.15 Å². The molecule has 24 heavy (non-hydrogen) atoms. The van der Waals surface area contributed by atoms with E-state index in [1.165, 1.54) is 0 Å². The molecule has 3 aromatic rings. The molecule has 0 saturated carbocycles. The van der Waals surface area contributed by atoms with Crippen molar-refractivity contribution >= 4 is 0 Å². The van der Waals surface area contributed by atoms with Crippen LogP contribution in [0.5, 0.6) is 0 Å². The smallest absolute Gasteiger partial charge is 0.389 e. The summed E-state index contributed by atoms with van der Waals surface area (Å²) >= 11 is 0. The topological polar surface area (TPSA) is 77.5 Å². The van der Waals surface area contributed by atoms with E-state index in [0.717, 1.165) is 10.2 Å². The van der Waals surface area contributed by atoms with Crippen LogP contribution in [-0.4, -0.2) is 27.6 Å². The first-order chi connectivity index (χ1) is 11.7. The molecule has 2 aromatic carbocycles. The molecule has 6 nitrogen and oxygen atoms in total. The lowest BCUT2D eigenvalue weighted by molar-refractivity contribution is 0.0178. The van der Waals surface area contributed by atoms with Gasteiger partial charge in [0.05, 0.1) is 25.9 Å². The van der Waals surface area contributed by atoms with Gasteiger partial charge in [0.25, 0.3) is 0 Å². The molecule has 0 aliphatic carbocycles. The monoisotopic (exact) mass is 326 g/mol. The zero-order valence-electron chi connectivity index (χ0n) is 13.0. The third-order valence-corrected chi connectivity index (χ3v) is 3.43. The summed E-state index contributed by atoms with van der Waals surface area (Å²) < 4.78 is 11.7. The Balaban J connectivity index is 1.56. The molecule has 124 valence electrons. The second-order valence-corrected chi connectivity index (χ2v) is 5.38. The van der Waals surface area contributed by atoms with E-state index in [0.29, 0.717) is 12.2 Å². The molecule has 3 rings (SSSR count). The lowest BCUT2D eigenvalue weighted by atomic mass is 10.2. The molecule has 0 amide bonds. The van der Waals surface area contributed by atoms with Crippen LogP contribution in [0.2, 0.25) is 0 Å². The number of hydrogen-bond acceptors (Lipinski definition) is 5. The first kappa shape index (κ1) is 16.2. The van der Waals surface area contributed by atoms with E-state index in [-0.39, 0.29) is 19.0 Å². The highest BCUT2D eigenvalue weighted by molar-refractivity contribution is 5.51. The maximum atomic E-state index is 11.8. The van der Waals surface area contributed by atoms with E-state index >= 15 is 0 Å². The van der Waals surface area contributed by atoms with E-state index in [1.807, 2.05) is 48.5 Å². The third-order valence-electron chi connectivity index (χ3n) is 3.43. The maximum Gasteiger partial charge on any atom is 0.437 e. The number of rotatable bonds is 7. The van der Waals surface area contributed by atoms with Gasteiger partial charge >= 0.3 is 5.76 Å². The first-order valence-electron chi connectivity index (χ1n) is 7.65. The van der Waals surface area contributed by atoms with Gasteiger partial charge in [-0.15, -0.1) is 5.10 Å². The Morgan fingerprint density at radius 3 is 2.46 bits per heavy atom. The van der Waals surface area contributed by atoms with Crippen LogP contribution < -0.4 is 5.76 Å². The number of benzene rings is 2. The highest BCUT2D eigenvalue weighted by Gasteiger charge is 2.13. The second kappa shape index (κ2) is 7.72. The van der Waals surface area contributed by atoms with Crippen LogP contribution in [0.3, 0.4) is 0 Å². The van der Waals surface area contributed by atoms with Gasteiger partial charge in [-0.25, -0.2) is 4.79 Å². The van der Waals surface area contributed by atoms with Crippen molar-refractivity contribution < 1.29 is 14.3 Å². The fraction of sp³-hybridized carbons (Fsp3) is 0.222. The molecule has 0 aliphatic heterocycles. The molecule has 0 aliphatic rings. The molecule has 1 atom stereocenters. The molecule has 0 radical (unpaired) electrons. The van der Waals surface area contributed by atoms with Crippen LogP contribution in [0.4, 0.5) is 0 Å². The van der Waals surface area contributed by atoms with Gasteiger partial charge in [-0.2, -0.15) is 4.68 Å². The minimum absolute atomic E-state index is 0.0178. The van der Waals surface area contributed by atoms with Crippen molar-refractivity contribution in [1.82, 2.24) is 9.78 Å². The summed E-state index contributed by atoms with van der Waals surface area (Å²) in [6.07, 6.45) is -0.847. The average Bonchev–Trinajstić information content (AvgIpc) is 2.97. The molecule has 1 aromatic heterocycles. The maximum absolute atomic E-state index is 11.8. The number of aliphatic hydroxyl groups is 1. The number of aromatic nitrogens is 2. The Labute approximate surface area is 138 Å². The molecule has 0 saturated heterocycles. The number of nitrogens with zero attached hydrogens (tertiary/aromatic N) is 2. The summed E-state index contributed by atoms with van der Waals surface area (Å²) in [6, 6.07) is 18.8. The molecule has 1 heterocycles. The molecule has 1 unspecified atom stereocenters. The van der Waals surface area contributed by atoms with Gasteiger partial charge in [0.2, 0.25) is 5.89 Å². The minimum atomic E-state index is -0.847. The summed E-state index contributed by atoms with van der Waals surface area (Å²) in [5.74, 6) is -0.367. The lowest BCUT2D eigenvalue weighted by Crippen LogP contribution is -2.28. The van der Waals surface area contributed by atoms with Crippen LogP contribution >= 0.6 is 0 Å². The van der Waals surface area contributed by atoms with Crippen molar-refractivity contribution in [3.05, 3.63) is 76.8 Å². The zero-order chi connectivity index (χ0) is 16.8. The Bertz CT molecular complexity index is 812. The highest BCUT2D eigenvalue weighted by atomic mass is 16.5. The highest BCUT2D eigenvalue weighted by Crippen LogP contribution is 2.14. The summed E-state index contributed by atoms with van der Waals surface area (Å²) in [7, 11) is 0. The normalized spacial score (nSPS) is 12.2. The van der Waals surface area contributed by atoms with Gasteiger partial charge in [0.15, 0.2) is 0 Å². The van der Waals surface area contributed by atoms with Gasteiger partial charge in [0.1, 0.15) is 0 Å². The van der Waals surface area contributed by atoms with E-state index in [1.54, 1.807) is 12.1 Å². The second-order valence-electron chi connectivity index (χ2n) is 5.38. The molecule has 0 bridgehead atoms. The van der Waals surface area contributed by atoms with Crippen molar-refractivity contribution in [2.45, 2.75) is 19.3 Å². The Morgan fingerprint density at radius 2 is 1.75 bits per heavy atom. The number of hydrogen-bond donors (Lipinski definition) is 1. The van der Waals surface area contributed by atoms with Crippen LogP contribution in [0.25, 0.3) is 11.5 Å². The average molecular weight is 326 g/mol. The lowest BCUT2D eigenvalue weighted by Gasteiger charge is -2.10. The Morgan fingerprint density at radius 1 is 1.08 bits per heavy atom. The van der Waals surface area contributed by atoms with E-state index in [9.17, 15) is 9.90 Å². The van der Waals surface area contributed by atoms with Gasteiger partial charge in [0, 0.05) is 5.56 Å². The SMILES string of the molecule is O=c1oc(-c2ccccc2)nn1CC(O)COCc1ccccc1. The predicted molar refractivity (Wildman–Crippen MR) is 88.3 cm³/mol. The Kier molecular flexibility index (Phi) is 5.20. The van der Waals surface area contributed by atoms with Gasteiger partial charge in [-0.05, 0) is 17.7 Å². The fourth-order valence-electron chi connectivity index (χ4n) is 2.26. The summed E-state index contributed by atoms with van der Waals surface area (Å²) in [5.41, 5.74) is 1.73. The first-order valence-corrected chi connectivity index (χ1v) is 7.65. The van der Waals surface area contributed by atoms with Gasteiger partial charge < -0.3 is 14.3 Å². The van der Waals surface area contributed by atoms with Crippen LogP contribution in [0.1, 0.15) is 5.56 Å². The predicted octanol–water partition coefficient (Wildman–Crippen LogP) is 2.08. The van der Waals surface area contributed by atoms with Gasteiger partial charge in [-0.1, -0.05) is 48.5 Å². The number of ether oxygens (including phenoxy) is 1. The van der Waals surface area contributed by atoms with Crippen LogP contribution in [-0.2, 0) is 17.9 Å². The third kappa shape index (κ3) is 4.18. The molecular weight excluding hydrogens is 308 g/mol. The number of aliphatic hydroxyl groups excluding tert-OH is 1. The molecular formula is C18H18N2O4. The van der Waals surface area contributed by atoms with Crippen molar-refractivity contribution in [3.8, 4) is 11.5 Å². The molecule has 0 fully saturated rings. The largest absolute Gasteiger partial charge is 0.437 e. The van der Waals surface area contributed by atoms with Gasteiger partial charge in [-0.3, -0.25) is 0 Å². The van der Waals surface area contributed by atoms with Crippen molar-refractivity contribution in [3.63, 3.8) is 0 Å². The Hall–Kier alpha value is -2.70. The quantitative estimate of drug-likeness (QED) is 0.719. The van der Waals surface area contributed by atoms with Crippen molar-refractivity contribution in [2.24, 2.45) is 0 Å². The van der Waals surface area contributed by atoms with E-state index < -0.39 is 11.9 Å². The molecule has 0 spiro atoms. The van der Waals surface area contributed by atoms with Crippen molar-refractivity contribution in [2.75, 3.05) is 6.61 Å². The fourth-order valence-corrected chi connectivity index (χ4v) is 2.26. The van der Waals surface area contributed by atoms with E-state index in [2.05, 4.69) is 5.10 Å². The summed E-state index contributed by atoms with van der Waals surface area (Å²) in [6.45, 7) is 0.527. The molecule has 1 N–H and O–H groups in total. The standard InChI is InChI=1S/C18H18N2O4/c21-16(13-23-12-14-7-3-1-4-8-14)11-20-18(22)24-17(19-20)15-9-5-2-6-10-15/h1-10,16,21H,11-13H2. The zero-order valence-corrected chi connectivity index (χ0v) is 13.0. The van der Waals surface area contributed by atoms with Crippen LogP contribution in [0, 0.1) is 0 Å².